The van der Waals surface area contributed by atoms with Crippen LogP contribution in [0.1, 0.15) is 27.0 Å². The van der Waals surface area contributed by atoms with Crippen LogP contribution in [0.4, 0.5) is 24.5 Å². The molecule has 0 aromatic heterocycles. The quantitative estimate of drug-likeness (QED) is 0.143. The first kappa shape index (κ1) is 33.6. The fourth-order valence-electron chi connectivity index (χ4n) is 5.42. The first-order valence-corrected chi connectivity index (χ1v) is 16.7. The molecule has 0 saturated heterocycles. The molecule has 1 amide bonds. The molecule has 2 atom stereocenters. The van der Waals surface area contributed by atoms with Gasteiger partial charge in [0.1, 0.15) is 0 Å². The van der Waals surface area contributed by atoms with E-state index in [0.717, 1.165) is 39.0 Å². The minimum atomic E-state index is -4.47. The van der Waals surface area contributed by atoms with Gasteiger partial charge in [-0.05, 0) is 58.7 Å². The van der Waals surface area contributed by atoms with Crippen LogP contribution in [0.15, 0.2) is 121 Å². The smallest absolute Gasteiger partial charge is 0.390 e. The lowest BCUT2D eigenvalue weighted by Gasteiger charge is -2.28. The lowest BCUT2D eigenvalue weighted by atomic mass is 10.00. The van der Waals surface area contributed by atoms with Gasteiger partial charge in [-0.1, -0.05) is 91.0 Å². The molecule has 0 aliphatic heterocycles. The SMILES string of the molecule is CS(=O)(=O)N(c1ccc2ccccc2c1)c1ccccc1C(=O)N[C@@H](Cc1ccccc1)[C@H](O)CNCc1cccc(C(F)(F)F)c1. The van der Waals surface area contributed by atoms with Gasteiger partial charge in [-0.3, -0.25) is 4.79 Å². The molecule has 0 aliphatic rings. The molecule has 3 N–H and O–H groups in total. The van der Waals surface area contributed by atoms with Crippen LogP contribution >= 0.6 is 0 Å². The number of amides is 1. The summed E-state index contributed by atoms with van der Waals surface area (Å²) in [6, 6.07) is 32.3. The Morgan fingerprint density at radius 1 is 0.809 bits per heavy atom. The molecule has 0 fully saturated rings. The van der Waals surface area contributed by atoms with E-state index in [1.165, 1.54) is 12.1 Å². The Balaban J connectivity index is 1.40. The molecule has 0 bridgehead atoms. The minimum absolute atomic E-state index is 0.0395. The molecular weight excluding hydrogens is 627 g/mol. The maximum atomic E-state index is 13.9. The van der Waals surface area contributed by atoms with E-state index in [4.69, 9.17) is 0 Å². The molecule has 244 valence electrons. The van der Waals surface area contributed by atoms with E-state index < -0.39 is 39.8 Å². The molecule has 7 nitrogen and oxygen atoms in total. The minimum Gasteiger partial charge on any atom is -0.390 e. The van der Waals surface area contributed by atoms with Crippen molar-refractivity contribution in [3.05, 3.63) is 144 Å². The molecule has 11 heteroatoms. The monoisotopic (exact) mass is 661 g/mol. The number of rotatable bonds is 12. The summed E-state index contributed by atoms with van der Waals surface area (Å²) in [6.45, 7) is 0.0210. The zero-order valence-corrected chi connectivity index (χ0v) is 26.3. The number of fused-ring (bicyclic) bond motifs is 1. The Morgan fingerprint density at radius 2 is 1.47 bits per heavy atom. The number of halogens is 3. The molecule has 0 radical (unpaired) electrons. The van der Waals surface area contributed by atoms with Gasteiger partial charge in [0.2, 0.25) is 10.0 Å². The Hall–Kier alpha value is -4.71. The number of nitrogens with zero attached hydrogens (tertiary/aromatic N) is 1. The number of hydrogen-bond donors (Lipinski definition) is 3. The number of aliphatic hydroxyl groups is 1. The lowest BCUT2D eigenvalue weighted by molar-refractivity contribution is -0.137. The number of sulfonamides is 1. The summed E-state index contributed by atoms with van der Waals surface area (Å²) in [6.07, 6.45) is -4.32. The Bertz CT molecular complexity index is 1950. The van der Waals surface area contributed by atoms with E-state index in [-0.39, 0.29) is 30.8 Å². The standard InChI is InChI=1S/C36H34F3N3O4S/c1-47(45,46)42(30-19-18-27-13-5-6-14-28(27)22-30)33-17-8-7-16-31(33)35(44)41-32(21-25-10-3-2-4-11-25)34(43)24-40-23-26-12-9-15-29(20-26)36(37,38)39/h2-20,22,32,34,40,43H,21,23-24H2,1H3,(H,41,44)/t32-,34+/m0/s1. The summed E-state index contributed by atoms with van der Waals surface area (Å²) in [4.78, 5) is 13.9. The Morgan fingerprint density at radius 3 is 2.19 bits per heavy atom. The van der Waals surface area contributed by atoms with Gasteiger partial charge in [0.15, 0.2) is 0 Å². The van der Waals surface area contributed by atoms with Gasteiger partial charge in [0.25, 0.3) is 5.91 Å². The highest BCUT2D eigenvalue weighted by molar-refractivity contribution is 7.92. The number of carbonyl (C=O) groups is 1. The summed E-state index contributed by atoms with van der Waals surface area (Å²) in [5, 5.41) is 18.9. The number of hydrogen-bond acceptors (Lipinski definition) is 5. The van der Waals surface area contributed by atoms with Gasteiger partial charge in [-0.15, -0.1) is 0 Å². The predicted octanol–water partition coefficient (Wildman–Crippen LogP) is 6.45. The number of alkyl halides is 3. The van der Waals surface area contributed by atoms with Crippen molar-refractivity contribution in [3.63, 3.8) is 0 Å². The van der Waals surface area contributed by atoms with E-state index in [9.17, 15) is 31.5 Å². The van der Waals surface area contributed by atoms with Crippen LogP contribution in [0.3, 0.4) is 0 Å². The Kier molecular flexibility index (Phi) is 10.3. The fourth-order valence-corrected chi connectivity index (χ4v) is 6.43. The van der Waals surface area contributed by atoms with Crippen molar-refractivity contribution >= 4 is 38.1 Å². The van der Waals surface area contributed by atoms with Crippen molar-refractivity contribution in [1.29, 1.82) is 0 Å². The molecule has 0 heterocycles. The molecule has 0 aliphatic carbocycles. The van der Waals surface area contributed by atoms with Crippen LogP contribution < -0.4 is 14.9 Å². The second-order valence-electron chi connectivity index (χ2n) is 11.2. The first-order chi connectivity index (χ1) is 22.4. The normalized spacial score (nSPS) is 13.2. The zero-order chi connectivity index (χ0) is 33.6. The van der Waals surface area contributed by atoms with E-state index >= 15 is 0 Å². The largest absolute Gasteiger partial charge is 0.416 e. The van der Waals surface area contributed by atoms with Gasteiger partial charge in [0, 0.05) is 13.1 Å². The highest BCUT2D eigenvalue weighted by Gasteiger charge is 2.31. The van der Waals surface area contributed by atoms with Crippen LogP contribution in [-0.2, 0) is 29.2 Å². The molecule has 5 rings (SSSR count). The van der Waals surface area contributed by atoms with Crippen molar-refractivity contribution in [1.82, 2.24) is 10.6 Å². The number of nitrogens with one attached hydrogen (secondary N) is 2. The van der Waals surface area contributed by atoms with Crippen molar-refractivity contribution < 1.29 is 31.5 Å². The molecule has 47 heavy (non-hydrogen) atoms. The number of carbonyl (C=O) groups excluding carboxylic acids is 1. The number of para-hydroxylation sites is 1. The maximum Gasteiger partial charge on any atom is 0.416 e. The number of anilines is 2. The van der Waals surface area contributed by atoms with Crippen LogP contribution in [0.2, 0.25) is 0 Å². The van der Waals surface area contributed by atoms with Crippen molar-refractivity contribution in [3.8, 4) is 0 Å². The van der Waals surface area contributed by atoms with Gasteiger partial charge in [-0.2, -0.15) is 13.2 Å². The first-order valence-electron chi connectivity index (χ1n) is 14.9. The third-order valence-electron chi connectivity index (χ3n) is 7.68. The number of benzene rings is 5. The summed E-state index contributed by atoms with van der Waals surface area (Å²) in [7, 11) is -3.92. The van der Waals surface area contributed by atoms with Crippen molar-refractivity contribution in [2.45, 2.75) is 31.3 Å². The molecule has 5 aromatic rings. The third kappa shape index (κ3) is 8.56. The van der Waals surface area contributed by atoms with E-state index in [1.54, 1.807) is 36.4 Å². The van der Waals surface area contributed by atoms with E-state index in [1.807, 2.05) is 60.7 Å². The average molecular weight is 662 g/mol. The number of aliphatic hydroxyl groups excluding tert-OH is 1. The lowest BCUT2D eigenvalue weighted by Crippen LogP contribution is -2.49. The van der Waals surface area contributed by atoms with Gasteiger partial charge < -0.3 is 15.7 Å². The predicted molar refractivity (Wildman–Crippen MR) is 178 cm³/mol. The average Bonchev–Trinajstić information content (AvgIpc) is 3.04. The third-order valence-corrected chi connectivity index (χ3v) is 8.75. The van der Waals surface area contributed by atoms with Crippen LogP contribution in [-0.4, -0.2) is 44.4 Å². The highest BCUT2D eigenvalue weighted by Crippen LogP contribution is 2.34. The topological polar surface area (TPSA) is 98.7 Å². The molecule has 0 saturated carbocycles. The van der Waals surface area contributed by atoms with Crippen LogP contribution in [0.5, 0.6) is 0 Å². The van der Waals surface area contributed by atoms with Crippen LogP contribution in [0.25, 0.3) is 10.8 Å². The summed E-state index contributed by atoms with van der Waals surface area (Å²) in [5.41, 5.74) is 1.02. The van der Waals surface area contributed by atoms with Gasteiger partial charge >= 0.3 is 6.18 Å². The van der Waals surface area contributed by atoms with Crippen LogP contribution in [0, 0.1) is 0 Å². The summed E-state index contributed by atoms with van der Waals surface area (Å²) >= 11 is 0. The summed E-state index contributed by atoms with van der Waals surface area (Å²) < 4.78 is 67.0. The molecule has 5 aromatic carbocycles. The highest BCUT2D eigenvalue weighted by atomic mass is 32.2. The maximum absolute atomic E-state index is 13.9. The van der Waals surface area contributed by atoms with Crippen molar-refractivity contribution in [2.75, 3.05) is 17.1 Å². The zero-order valence-electron chi connectivity index (χ0n) is 25.5. The second-order valence-corrected chi connectivity index (χ2v) is 13.1. The molecular formula is C36H34F3N3O4S. The van der Waals surface area contributed by atoms with Gasteiger partial charge in [-0.25, -0.2) is 12.7 Å². The van der Waals surface area contributed by atoms with E-state index in [2.05, 4.69) is 10.6 Å². The van der Waals surface area contributed by atoms with Crippen molar-refractivity contribution in [2.24, 2.45) is 0 Å². The Labute approximate surface area is 271 Å². The molecule has 0 unspecified atom stereocenters. The second kappa shape index (κ2) is 14.4. The van der Waals surface area contributed by atoms with Gasteiger partial charge in [0.05, 0.1) is 40.9 Å². The summed E-state index contributed by atoms with van der Waals surface area (Å²) in [5.74, 6) is -0.604. The fraction of sp³-hybridized carbons (Fsp3) is 0.194. The molecule has 0 spiro atoms. The van der Waals surface area contributed by atoms with E-state index in [0.29, 0.717) is 11.3 Å².